The van der Waals surface area contributed by atoms with Crippen molar-refractivity contribution >= 4 is 20.9 Å². The molecule has 0 bridgehead atoms. The molecule has 0 aliphatic heterocycles. The molecule has 0 amide bonds. The van der Waals surface area contributed by atoms with Gasteiger partial charge in [0.15, 0.2) is 0 Å². The van der Waals surface area contributed by atoms with E-state index in [-0.39, 0.29) is 12.1 Å². The van der Waals surface area contributed by atoms with E-state index in [9.17, 15) is 4.79 Å². The van der Waals surface area contributed by atoms with Gasteiger partial charge in [-0.25, -0.2) is 0 Å². The molecule has 36 heavy (non-hydrogen) atoms. The second-order valence-electron chi connectivity index (χ2n) is 14.1. The van der Waals surface area contributed by atoms with E-state index in [1.165, 1.54) is 75.9 Å². The molecular formula is C33H56O2Se. The summed E-state index contributed by atoms with van der Waals surface area (Å²) in [7, 11) is 0. The first kappa shape index (κ1) is 28.7. The molecule has 3 fully saturated rings. The van der Waals surface area contributed by atoms with Gasteiger partial charge in [-0.3, -0.25) is 0 Å². The number of hydrogen-bond donors (Lipinski definition) is 0. The van der Waals surface area contributed by atoms with E-state index in [0.717, 1.165) is 48.3 Å². The molecule has 4 aliphatic carbocycles. The molecule has 3 saturated carbocycles. The molecule has 4 rings (SSSR count). The van der Waals surface area contributed by atoms with Gasteiger partial charge >= 0.3 is 178 Å². The Hall–Kier alpha value is -0.271. The van der Waals surface area contributed by atoms with Crippen molar-refractivity contribution in [3.63, 3.8) is 0 Å². The van der Waals surface area contributed by atoms with Gasteiger partial charge in [-0.1, -0.05) is 40.0 Å². The number of fused-ring (bicyclic) bond motifs is 5. The summed E-state index contributed by atoms with van der Waals surface area (Å²) >= 11 is 0.424. The Balaban J connectivity index is 1.36. The van der Waals surface area contributed by atoms with Gasteiger partial charge in [-0.2, -0.15) is 0 Å². The van der Waals surface area contributed by atoms with Crippen LogP contribution in [0.1, 0.15) is 125 Å². The van der Waals surface area contributed by atoms with Gasteiger partial charge in [0.05, 0.1) is 0 Å². The van der Waals surface area contributed by atoms with E-state index in [0.29, 0.717) is 31.1 Å². The Kier molecular flexibility index (Phi) is 9.80. The number of allylic oxidation sites excluding steroid dienone is 1. The zero-order valence-corrected chi connectivity index (χ0v) is 26.2. The third-order valence-corrected chi connectivity index (χ3v) is 13.6. The van der Waals surface area contributed by atoms with Crippen molar-refractivity contribution in [1.29, 1.82) is 0 Å². The van der Waals surface area contributed by atoms with E-state index in [2.05, 4.69) is 47.6 Å². The minimum atomic E-state index is 0.0712. The van der Waals surface area contributed by atoms with Crippen molar-refractivity contribution in [2.45, 2.75) is 142 Å². The molecule has 206 valence electrons. The van der Waals surface area contributed by atoms with Crippen LogP contribution in [0.25, 0.3) is 0 Å². The van der Waals surface area contributed by atoms with Crippen molar-refractivity contribution in [2.24, 2.45) is 46.3 Å². The number of esters is 1. The molecule has 8 atom stereocenters. The van der Waals surface area contributed by atoms with Gasteiger partial charge in [-0.05, 0) is 11.8 Å². The Labute approximate surface area is 229 Å². The van der Waals surface area contributed by atoms with Gasteiger partial charge < -0.3 is 0 Å². The van der Waals surface area contributed by atoms with Crippen molar-refractivity contribution in [1.82, 2.24) is 0 Å². The van der Waals surface area contributed by atoms with Gasteiger partial charge in [-0.15, -0.1) is 0 Å². The Morgan fingerprint density at radius 1 is 1.06 bits per heavy atom. The first-order valence-corrected chi connectivity index (χ1v) is 18.1. The molecule has 4 aliphatic rings. The zero-order chi connectivity index (χ0) is 25.9. The normalized spacial score (nSPS) is 38.6. The molecule has 0 saturated heterocycles. The number of carbonyl (C=O) groups is 1. The number of carbonyl (C=O) groups excluding carboxylic acids is 1. The van der Waals surface area contributed by atoms with E-state index >= 15 is 0 Å². The fourth-order valence-electron chi connectivity index (χ4n) is 9.37. The number of ether oxygens (including phenoxy) is 1. The summed E-state index contributed by atoms with van der Waals surface area (Å²) in [6, 6.07) is 0. The number of hydrogen-bond acceptors (Lipinski definition) is 2. The summed E-state index contributed by atoms with van der Waals surface area (Å²) in [5.41, 5.74) is 2.55. The summed E-state index contributed by atoms with van der Waals surface area (Å²) in [5.74, 6) is 5.38. The predicted molar refractivity (Wildman–Crippen MR) is 153 cm³/mol. The van der Waals surface area contributed by atoms with Crippen LogP contribution in [0.3, 0.4) is 0 Å². The maximum absolute atomic E-state index is 12.5. The standard InChI is InChI=1S/C33H56O2Se/c1-7-8-20-36-22-31(34)35-26-16-18-32(5)25(21-26)12-13-27-29-15-14-28(24(4)11-9-10-23(2)3)33(29,6)19-17-30(27)32/h12,23-24,26-30H,7-11,13-22H2,1-6H3/t24-,26+,27+,28-,29+,30+,32+,33-/m1/s1. The van der Waals surface area contributed by atoms with Crippen molar-refractivity contribution in [3.8, 4) is 0 Å². The van der Waals surface area contributed by atoms with Gasteiger partial charge in [0.2, 0.25) is 0 Å². The summed E-state index contributed by atoms with van der Waals surface area (Å²) in [4.78, 5) is 12.5. The van der Waals surface area contributed by atoms with E-state index in [1.807, 2.05) is 0 Å². The number of unbranched alkanes of at least 4 members (excludes halogenated alkanes) is 1. The third kappa shape index (κ3) is 5.98. The molecule has 3 heteroatoms. The van der Waals surface area contributed by atoms with Gasteiger partial charge in [0.1, 0.15) is 0 Å². The third-order valence-electron chi connectivity index (χ3n) is 11.4. The van der Waals surface area contributed by atoms with Crippen LogP contribution in [-0.2, 0) is 9.53 Å². The fourth-order valence-corrected chi connectivity index (χ4v) is 11.2. The van der Waals surface area contributed by atoms with Crippen LogP contribution >= 0.6 is 0 Å². The van der Waals surface area contributed by atoms with E-state index in [1.54, 1.807) is 5.57 Å². The summed E-state index contributed by atoms with van der Waals surface area (Å²) in [5, 5.41) is 1.88. The summed E-state index contributed by atoms with van der Waals surface area (Å²) < 4.78 is 6.01. The molecule has 0 heterocycles. The second kappa shape index (κ2) is 12.3. The van der Waals surface area contributed by atoms with E-state index < -0.39 is 0 Å². The molecule has 0 aromatic carbocycles. The van der Waals surface area contributed by atoms with Crippen molar-refractivity contribution in [2.75, 3.05) is 0 Å². The van der Waals surface area contributed by atoms with Crippen molar-refractivity contribution in [3.05, 3.63) is 11.6 Å². The minimum absolute atomic E-state index is 0.0712. The molecular weight excluding hydrogens is 507 g/mol. The average molecular weight is 564 g/mol. The molecule has 0 aromatic rings. The average Bonchev–Trinajstić information content (AvgIpc) is 3.19. The van der Waals surface area contributed by atoms with Crippen LogP contribution in [0.15, 0.2) is 11.6 Å². The Morgan fingerprint density at radius 2 is 1.86 bits per heavy atom. The molecule has 0 spiro atoms. The van der Waals surface area contributed by atoms with Crippen LogP contribution in [0.2, 0.25) is 10.6 Å². The summed E-state index contributed by atoms with van der Waals surface area (Å²) in [6.07, 6.45) is 19.9. The monoisotopic (exact) mass is 564 g/mol. The SMILES string of the molecule is CCCC[Se]CC(=O)O[C@H]1CC[C@@]2(C)C(=CC[C@H]3[C@@H]4CC[C@H]([C@H](C)CCCC(C)C)[C@@]4(C)CC[C@@H]32)C1. The van der Waals surface area contributed by atoms with Crippen LogP contribution in [0.4, 0.5) is 0 Å². The van der Waals surface area contributed by atoms with E-state index in [4.69, 9.17) is 4.74 Å². The fraction of sp³-hybridized carbons (Fsp3) is 0.909. The maximum atomic E-state index is 12.5. The predicted octanol–water partition coefficient (Wildman–Crippen LogP) is 9.28. The van der Waals surface area contributed by atoms with Crippen LogP contribution < -0.4 is 0 Å². The van der Waals surface area contributed by atoms with Crippen LogP contribution in [0, 0.1) is 46.3 Å². The van der Waals surface area contributed by atoms with Crippen LogP contribution in [0.5, 0.6) is 0 Å². The van der Waals surface area contributed by atoms with Gasteiger partial charge in [0.25, 0.3) is 0 Å². The van der Waals surface area contributed by atoms with Gasteiger partial charge in [0, 0.05) is 0 Å². The molecule has 2 nitrogen and oxygen atoms in total. The first-order chi connectivity index (χ1) is 17.2. The molecule has 0 unspecified atom stereocenters. The number of rotatable bonds is 11. The molecule has 0 aromatic heterocycles. The Bertz CT molecular complexity index is 774. The Morgan fingerprint density at radius 3 is 2.61 bits per heavy atom. The zero-order valence-electron chi connectivity index (χ0n) is 24.5. The van der Waals surface area contributed by atoms with Crippen molar-refractivity contribution < 1.29 is 9.53 Å². The summed E-state index contributed by atoms with van der Waals surface area (Å²) in [6.45, 7) is 14.8. The second-order valence-corrected chi connectivity index (χ2v) is 16.4. The molecule has 0 N–H and O–H groups in total. The van der Waals surface area contributed by atoms with Crippen LogP contribution in [-0.4, -0.2) is 27.0 Å². The molecule has 0 radical (unpaired) electrons. The quantitative estimate of drug-likeness (QED) is 0.108. The topological polar surface area (TPSA) is 26.3 Å². The first-order valence-electron chi connectivity index (χ1n) is 15.7.